The lowest BCUT2D eigenvalue weighted by Crippen LogP contribution is -2.14. The molecule has 0 N–H and O–H groups in total. The van der Waals surface area contributed by atoms with Crippen molar-refractivity contribution < 1.29 is 19.1 Å². The van der Waals surface area contributed by atoms with E-state index in [1.807, 2.05) is 0 Å². The van der Waals surface area contributed by atoms with Crippen LogP contribution in [0.5, 0.6) is 0 Å². The number of methoxy groups -OCH3 is 1. The molecule has 1 rings (SSSR count). The van der Waals surface area contributed by atoms with E-state index in [1.165, 1.54) is 7.11 Å². The van der Waals surface area contributed by atoms with Crippen LogP contribution >= 0.6 is 0 Å². The lowest BCUT2D eigenvalue weighted by molar-refractivity contribution is -0.146. The van der Waals surface area contributed by atoms with E-state index >= 15 is 0 Å². The molecule has 0 aliphatic heterocycles. The van der Waals surface area contributed by atoms with Gasteiger partial charge in [-0.05, 0) is 19.3 Å². The van der Waals surface area contributed by atoms with E-state index in [0.717, 1.165) is 12.8 Å². The number of carbonyl (C=O) groups excluding carboxylic acids is 2. The van der Waals surface area contributed by atoms with Crippen molar-refractivity contribution in [1.29, 1.82) is 0 Å². The summed E-state index contributed by atoms with van der Waals surface area (Å²) in [6.45, 7) is 0.435. The highest BCUT2D eigenvalue weighted by atomic mass is 16.5. The molecule has 0 aromatic rings. The van der Waals surface area contributed by atoms with E-state index in [4.69, 9.17) is 4.74 Å². The summed E-state index contributed by atoms with van der Waals surface area (Å²) in [5.74, 6) is -0.285. The van der Waals surface area contributed by atoms with Crippen molar-refractivity contribution in [2.75, 3.05) is 7.11 Å². The maximum Gasteiger partial charge on any atom is 0.308 e. The Morgan fingerprint density at radius 3 is 2.83 bits per heavy atom. The topological polar surface area (TPSA) is 52.6 Å². The molecule has 0 aromatic carbocycles. The monoisotopic (exact) mass is 172 g/mol. The van der Waals surface area contributed by atoms with Gasteiger partial charge in [0.05, 0.1) is 13.0 Å². The van der Waals surface area contributed by atoms with Gasteiger partial charge in [0.15, 0.2) is 0 Å². The van der Waals surface area contributed by atoms with Crippen LogP contribution in [0.1, 0.15) is 19.3 Å². The summed E-state index contributed by atoms with van der Waals surface area (Å²) in [6, 6.07) is 0. The minimum absolute atomic E-state index is 0.0834. The van der Waals surface area contributed by atoms with Gasteiger partial charge < -0.3 is 9.47 Å². The van der Waals surface area contributed by atoms with Gasteiger partial charge in [0.25, 0.3) is 6.47 Å². The van der Waals surface area contributed by atoms with Crippen LogP contribution in [-0.4, -0.2) is 25.7 Å². The van der Waals surface area contributed by atoms with E-state index in [2.05, 4.69) is 4.74 Å². The van der Waals surface area contributed by atoms with Gasteiger partial charge in [-0.15, -0.1) is 0 Å². The van der Waals surface area contributed by atoms with E-state index in [1.54, 1.807) is 0 Å². The van der Waals surface area contributed by atoms with E-state index in [9.17, 15) is 9.59 Å². The minimum atomic E-state index is -0.202. The molecule has 68 valence electrons. The first-order valence-corrected chi connectivity index (χ1v) is 3.95. The number of carbonyl (C=O) groups is 2. The van der Waals surface area contributed by atoms with Gasteiger partial charge in [0.1, 0.15) is 6.10 Å². The van der Waals surface area contributed by atoms with Crippen molar-refractivity contribution in [2.45, 2.75) is 25.4 Å². The maximum absolute atomic E-state index is 11.0. The molecule has 0 saturated heterocycles. The van der Waals surface area contributed by atoms with Crippen LogP contribution in [-0.2, 0) is 19.1 Å². The molecule has 0 bridgehead atoms. The van der Waals surface area contributed by atoms with Crippen LogP contribution < -0.4 is 0 Å². The summed E-state index contributed by atoms with van der Waals surface area (Å²) in [4.78, 5) is 21.0. The van der Waals surface area contributed by atoms with Crippen LogP contribution in [0.15, 0.2) is 0 Å². The number of ether oxygens (including phenoxy) is 2. The van der Waals surface area contributed by atoms with Crippen molar-refractivity contribution >= 4 is 12.4 Å². The van der Waals surface area contributed by atoms with Gasteiger partial charge in [-0.1, -0.05) is 0 Å². The second kappa shape index (κ2) is 4.09. The molecule has 2 atom stereocenters. The SMILES string of the molecule is COC(=O)C1CCC(OC=O)C1. The zero-order valence-corrected chi connectivity index (χ0v) is 6.99. The maximum atomic E-state index is 11.0. The summed E-state index contributed by atoms with van der Waals surface area (Å²) in [6.07, 6.45) is 2.03. The molecule has 0 radical (unpaired) electrons. The van der Waals surface area contributed by atoms with Crippen LogP contribution in [0, 0.1) is 5.92 Å². The zero-order chi connectivity index (χ0) is 8.97. The van der Waals surface area contributed by atoms with Crippen LogP contribution in [0.2, 0.25) is 0 Å². The number of esters is 1. The van der Waals surface area contributed by atoms with E-state index in [-0.39, 0.29) is 18.0 Å². The van der Waals surface area contributed by atoms with Crippen molar-refractivity contribution in [1.82, 2.24) is 0 Å². The first kappa shape index (κ1) is 9.03. The third kappa shape index (κ3) is 1.96. The fourth-order valence-electron chi connectivity index (χ4n) is 1.52. The quantitative estimate of drug-likeness (QED) is 0.459. The zero-order valence-electron chi connectivity index (χ0n) is 6.99. The fraction of sp³-hybridized carbons (Fsp3) is 0.750. The van der Waals surface area contributed by atoms with E-state index in [0.29, 0.717) is 12.9 Å². The average Bonchev–Trinajstić information content (AvgIpc) is 2.52. The summed E-state index contributed by atoms with van der Waals surface area (Å²) in [7, 11) is 1.37. The standard InChI is InChI=1S/C8H12O4/c1-11-8(10)6-2-3-7(4-6)12-5-9/h5-7H,2-4H2,1H3. The second-order valence-corrected chi connectivity index (χ2v) is 2.89. The molecular weight excluding hydrogens is 160 g/mol. The number of rotatable bonds is 3. The Kier molecular flexibility index (Phi) is 3.08. The largest absolute Gasteiger partial charge is 0.469 e. The lowest BCUT2D eigenvalue weighted by Gasteiger charge is -2.07. The van der Waals surface area contributed by atoms with Gasteiger partial charge in [0, 0.05) is 0 Å². The molecule has 1 fully saturated rings. The molecule has 0 spiro atoms. The normalized spacial score (nSPS) is 28.1. The minimum Gasteiger partial charge on any atom is -0.469 e. The Morgan fingerprint density at radius 1 is 1.50 bits per heavy atom. The van der Waals surface area contributed by atoms with Crippen molar-refractivity contribution in [3.63, 3.8) is 0 Å². The Morgan fingerprint density at radius 2 is 2.25 bits per heavy atom. The molecular formula is C8H12O4. The van der Waals surface area contributed by atoms with Gasteiger partial charge in [0.2, 0.25) is 0 Å². The molecule has 12 heavy (non-hydrogen) atoms. The Bertz CT molecular complexity index is 178. The number of hydrogen-bond acceptors (Lipinski definition) is 4. The summed E-state index contributed by atoms with van der Waals surface area (Å²) in [5.41, 5.74) is 0. The first-order valence-electron chi connectivity index (χ1n) is 3.95. The molecule has 0 amide bonds. The molecule has 4 nitrogen and oxygen atoms in total. The molecule has 1 aliphatic carbocycles. The van der Waals surface area contributed by atoms with Crippen LogP contribution in [0.4, 0.5) is 0 Å². The smallest absolute Gasteiger partial charge is 0.308 e. The van der Waals surface area contributed by atoms with Crippen molar-refractivity contribution in [3.05, 3.63) is 0 Å². The highest BCUT2D eigenvalue weighted by molar-refractivity contribution is 5.72. The predicted octanol–water partition coefficient (Wildman–Crippen LogP) is 0.501. The van der Waals surface area contributed by atoms with Crippen molar-refractivity contribution in [2.24, 2.45) is 5.92 Å². The first-order chi connectivity index (χ1) is 5.77. The summed E-state index contributed by atoms with van der Waals surface area (Å²) >= 11 is 0. The highest BCUT2D eigenvalue weighted by Gasteiger charge is 2.31. The predicted molar refractivity (Wildman–Crippen MR) is 40.3 cm³/mol. The number of hydrogen-bond donors (Lipinski definition) is 0. The Balaban J connectivity index is 2.34. The van der Waals surface area contributed by atoms with Crippen LogP contribution in [0.3, 0.4) is 0 Å². The van der Waals surface area contributed by atoms with Gasteiger partial charge >= 0.3 is 5.97 Å². The summed E-state index contributed by atoms with van der Waals surface area (Å²) in [5, 5.41) is 0. The molecule has 0 heterocycles. The second-order valence-electron chi connectivity index (χ2n) is 2.89. The Hall–Kier alpha value is -1.06. The van der Waals surface area contributed by atoms with Gasteiger partial charge in [-0.3, -0.25) is 9.59 Å². The van der Waals surface area contributed by atoms with Crippen LogP contribution in [0.25, 0.3) is 0 Å². The molecule has 1 saturated carbocycles. The summed E-state index contributed by atoms with van der Waals surface area (Å²) < 4.78 is 9.32. The van der Waals surface area contributed by atoms with Gasteiger partial charge in [-0.2, -0.15) is 0 Å². The van der Waals surface area contributed by atoms with E-state index < -0.39 is 0 Å². The highest BCUT2D eigenvalue weighted by Crippen LogP contribution is 2.28. The lowest BCUT2D eigenvalue weighted by atomic mass is 10.1. The third-order valence-electron chi connectivity index (χ3n) is 2.17. The molecule has 0 aromatic heterocycles. The van der Waals surface area contributed by atoms with Crippen molar-refractivity contribution in [3.8, 4) is 0 Å². The molecule has 4 heteroatoms. The molecule has 1 aliphatic rings. The third-order valence-corrected chi connectivity index (χ3v) is 2.17. The average molecular weight is 172 g/mol. The molecule has 2 unspecified atom stereocenters. The Labute approximate surface area is 70.8 Å². The fourth-order valence-corrected chi connectivity index (χ4v) is 1.52. The van der Waals surface area contributed by atoms with Gasteiger partial charge in [-0.25, -0.2) is 0 Å².